The Labute approximate surface area is 234 Å². The van der Waals surface area contributed by atoms with E-state index in [9.17, 15) is 24.5 Å². The first-order valence-electron chi connectivity index (χ1n) is 12.5. The minimum atomic E-state index is -0.781. The first-order chi connectivity index (χ1) is 19.9. The van der Waals surface area contributed by atoms with Gasteiger partial charge in [0.2, 0.25) is 0 Å². The van der Waals surface area contributed by atoms with E-state index in [1.165, 1.54) is 25.3 Å². The van der Waals surface area contributed by atoms with E-state index in [1.54, 1.807) is 91.0 Å². The van der Waals surface area contributed by atoms with Crippen LogP contribution in [0.2, 0.25) is 0 Å². The summed E-state index contributed by atoms with van der Waals surface area (Å²) < 4.78 is 11.3. The van der Waals surface area contributed by atoms with Crippen molar-refractivity contribution in [3.63, 3.8) is 0 Å². The van der Waals surface area contributed by atoms with Gasteiger partial charge in [0.25, 0.3) is 17.5 Å². The molecular weight excluding hydrogens is 526 g/mol. The van der Waals surface area contributed by atoms with Crippen molar-refractivity contribution in [2.24, 2.45) is 0 Å². The second kappa shape index (κ2) is 11.5. The Balaban J connectivity index is 1.48. The van der Waals surface area contributed by atoms with Crippen LogP contribution in [0.25, 0.3) is 6.08 Å². The van der Waals surface area contributed by atoms with Gasteiger partial charge in [-0.15, -0.1) is 0 Å². The molecule has 0 spiro atoms. The van der Waals surface area contributed by atoms with Gasteiger partial charge in [0.1, 0.15) is 12.2 Å². The number of amides is 4. The minimum Gasteiger partial charge on any atom is -0.493 e. The summed E-state index contributed by atoms with van der Waals surface area (Å²) in [7, 11) is 1.44. The third-order valence-electron chi connectivity index (χ3n) is 6.29. The summed E-state index contributed by atoms with van der Waals surface area (Å²) >= 11 is 0. The average Bonchev–Trinajstić information content (AvgIpc) is 2.99. The van der Waals surface area contributed by atoms with Gasteiger partial charge in [0.05, 0.1) is 23.4 Å². The van der Waals surface area contributed by atoms with Crippen LogP contribution in [-0.2, 0) is 16.2 Å². The Hall–Kier alpha value is -5.77. The van der Waals surface area contributed by atoms with Crippen molar-refractivity contribution in [2.45, 2.75) is 6.61 Å². The molecule has 0 atom stereocenters. The van der Waals surface area contributed by atoms with E-state index in [1.807, 2.05) is 0 Å². The van der Waals surface area contributed by atoms with Gasteiger partial charge in [-0.3, -0.25) is 19.7 Å². The predicted octanol–water partition coefficient (Wildman–Crippen LogP) is 5.77. The Morgan fingerprint density at radius 2 is 1.37 bits per heavy atom. The zero-order chi connectivity index (χ0) is 28.9. The lowest BCUT2D eigenvalue weighted by molar-refractivity contribution is -0.384. The number of hydrogen-bond acceptors (Lipinski definition) is 7. The molecule has 1 saturated heterocycles. The Morgan fingerprint density at radius 1 is 0.756 bits per heavy atom. The van der Waals surface area contributed by atoms with Gasteiger partial charge in [0, 0.05) is 12.1 Å². The number of ether oxygens (including phenoxy) is 2. The van der Waals surface area contributed by atoms with Gasteiger partial charge in [-0.1, -0.05) is 54.6 Å². The topological polar surface area (TPSA) is 119 Å². The molecule has 0 unspecified atom stereocenters. The second-order valence-corrected chi connectivity index (χ2v) is 8.92. The molecule has 1 heterocycles. The van der Waals surface area contributed by atoms with E-state index in [-0.39, 0.29) is 17.9 Å². The number of nitro groups is 1. The maximum absolute atomic E-state index is 13.6. The highest BCUT2D eigenvalue weighted by atomic mass is 16.6. The summed E-state index contributed by atoms with van der Waals surface area (Å²) in [5.41, 5.74) is 1.43. The summed E-state index contributed by atoms with van der Waals surface area (Å²) in [6.07, 6.45) is 1.40. The van der Waals surface area contributed by atoms with Crippen LogP contribution < -0.4 is 19.3 Å². The van der Waals surface area contributed by atoms with Crippen molar-refractivity contribution in [1.82, 2.24) is 0 Å². The number of benzene rings is 4. The highest BCUT2D eigenvalue weighted by Crippen LogP contribution is 2.33. The van der Waals surface area contributed by atoms with Crippen LogP contribution in [0.15, 0.2) is 109 Å². The molecule has 0 N–H and O–H groups in total. The number of non-ortho nitro benzene ring substituents is 1. The number of nitrogens with zero attached hydrogens (tertiary/aromatic N) is 3. The highest BCUT2D eigenvalue weighted by molar-refractivity contribution is 6.46. The normalized spacial score (nSPS) is 13.3. The molecule has 0 saturated carbocycles. The first-order valence-corrected chi connectivity index (χ1v) is 12.5. The molecule has 41 heavy (non-hydrogen) atoms. The fourth-order valence-corrected chi connectivity index (χ4v) is 4.32. The third-order valence-corrected chi connectivity index (χ3v) is 6.29. The Kier molecular flexibility index (Phi) is 7.55. The predicted molar refractivity (Wildman–Crippen MR) is 152 cm³/mol. The first kappa shape index (κ1) is 26.8. The number of para-hydroxylation sites is 2. The monoisotopic (exact) mass is 549 g/mol. The fourth-order valence-electron chi connectivity index (χ4n) is 4.32. The molecule has 0 aliphatic carbocycles. The number of hydrogen-bond donors (Lipinski definition) is 0. The Morgan fingerprint density at radius 3 is 1.93 bits per heavy atom. The lowest BCUT2D eigenvalue weighted by atomic mass is 10.0. The van der Waals surface area contributed by atoms with Gasteiger partial charge in [-0.25, -0.2) is 14.6 Å². The molecule has 10 heteroatoms. The molecule has 4 aromatic carbocycles. The number of urea groups is 1. The van der Waals surface area contributed by atoms with Crippen LogP contribution in [0.4, 0.5) is 21.9 Å². The van der Waals surface area contributed by atoms with Crippen LogP contribution in [0.1, 0.15) is 11.1 Å². The molecule has 10 nitrogen and oxygen atoms in total. The number of barbiturate groups is 1. The number of imide groups is 2. The summed E-state index contributed by atoms with van der Waals surface area (Å²) in [4.78, 5) is 53.1. The van der Waals surface area contributed by atoms with Gasteiger partial charge < -0.3 is 9.47 Å². The van der Waals surface area contributed by atoms with Crippen LogP contribution >= 0.6 is 0 Å². The number of carbonyl (C=O) groups excluding carboxylic acids is 3. The zero-order valence-corrected chi connectivity index (χ0v) is 21.8. The molecule has 1 aliphatic heterocycles. The highest BCUT2D eigenvalue weighted by Gasteiger charge is 2.43. The van der Waals surface area contributed by atoms with Crippen LogP contribution in [0.3, 0.4) is 0 Å². The standard InChI is InChI=1S/C31H23N3O7/c1-40-28-19-21(15-16-27(28)41-20-22-9-8-14-25(17-22)34(38)39)18-26-29(35)32(23-10-4-2-5-11-23)31(37)33(30(26)36)24-12-6-3-7-13-24/h2-19H,20H2,1H3. The van der Waals surface area contributed by atoms with E-state index in [4.69, 9.17) is 9.47 Å². The van der Waals surface area contributed by atoms with E-state index < -0.39 is 22.8 Å². The van der Waals surface area contributed by atoms with Crippen molar-refractivity contribution >= 4 is 41.0 Å². The Bertz CT molecular complexity index is 1610. The molecule has 204 valence electrons. The number of anilines is 2. The summed E-state index contributed by atoms with van der Waals surface area (Å²) in [5, 5.41) is 11.1. The fraction of sp³-hybridized carbons (Fsp3) is 0.0645. The molecular formula is C31H23N3O7. The van der Waals surface area contributed by atoms with E-state index in [0.717, 1.165) is 9.80 Å². The summed E-state index contributed by atoms with van der Waals surface area (Å²) in [6, 6.07) is 26.9. The van der Waals surface area contributed by atoms with Crippen LogP contribution in [0, 0.1) is 10.1 Å². The van der Waals surface area contributed by atoms with E-state index >= 15 is 0 Å². The van der Waals surface area contributed by atoms with Gasteiger partial charge in [-0.2, -0.15) is 0 Å². The quantitative estimate of drug-likeness (QED) is 0.119. The molecule has 1 fully saturated rings. The number of methoxy groups -OCH3 is 1. The average molecular weight is 550 g/mol. The lowest BCUT2D eigenvalue weighted by Crippen LogP contribution is -2.57. The maximum Gasteiger partial charge on any atom is 0.343 e. The molecule has 0 bridgehead atoms. The van der Waals surface area contributed by atoms with Crippen molar-refractivity contribution in [3.05, 3.63) is 130 Å². The van der Waals surface area contributed by atoms with Crippen LogP contribution in [0.5, 0.6) is 11.5 Å². The van der Waals surface area contributed by atoms with Crippen molar-refractivity contribution in [1.29, 1.82) is 0 Å². The van der Waals surface area contributed by atoms with Crippen molar-refractivity contribution in [2.75, 3.05) is 16.9 Å². The van der Waals surface area contributed by atoms with Crippen molar-refractivity contribution < 1.29 is 28.8 Å². The minimum absolute atomic E-state index is 0.0468. The molecule has 5 rings (SSSR count). The van der Waals surface area contributed by atoms with E-state index in [0.29, 0.717) is 34.0 Å². The second-order valence-electron chi connectivity index (χ2n) is 8.92. The molecule has 4 aromatic rings. The molecule has 4 amide bonds. The van der Waals surface area contributed by atoms with Gasteiger partial charge in [-0.05, 0) is 53.6 Å². The zero-order valence-electron chi connectivity index (χ0n) is 21.8. The number of carbonyl (C=O) groups is 3. The number of rotatable bonds is 8. The van der Waals surface area contributed by atoms with Gasteiger partial charge >= 0.3 is 6.03 Å². The number of nitro benzene ring substituents is 1. The lowest BCUT2D eigenvalue weighted by Gasteiger charge is -2.33. The smallest absolute Gasteiger partial charge is 0.343 e. The van der Waals surface area contributed by atoms with E-state index in [2.05, 4.69) is 0 Å². The third kappa shape index (κ3) is 5.52. The molecule has 0 radical (unpaired) electrons. The largest absolute Gasteiger partial charge is 0.493 e. The SMILES string of the molecule is COc1cc(C=C2C(=O)N(c3ccccc3)C(=O)N(c3ccccc3)C2=O)ccc1OCc1cccc([N+](=O)[O-])c1. The summed E-state index contributed by atoms with van der Waals surface area (Å²) in [5.74, 6) is -0.849. The summed E-state index contributed by atoms with van der Waals surface area (Å²) in [6.45, 7) is 0.0512. The molecule has 1 aliphatic rings. The van der Waals surface area contributed by atoms with Gasteiger partial charge in [0.15, 0.2) is 11.5 Å². The molecule has 0 aromatic heterocycles. The van der Waals surface area contributed by atoms with Crippen molar-refractivity contribution in [3.8, 4) is 11.5 Å². The maximum atomic E-state index is 13.6. The van der Waals surface area contributed by atoms with Crippen LogP contribution in [-0.4, -0.2) is 29.9 Å².